The molecule has 0 spiro atoms. The molecule has 0 radical (unpaired) electrons. The van der Waals surface area contributed by atoms with E-state index in [9.17, 15) is 25.0 Å². The molecule has 0 amide bonds. The van der Waals surface area contributed by atoms with Crippen molar-refractivity contribution in [3.05, 3.63) is 20.2 Å². The molecule has 0 aromatic carbocycles. The molecule has 8 heteroatoms. The minimum absolute atomic E-state index is 0.138. The Morgan fingerprint density at radius 1 is 0.769 bits per heavy atom. The number of nitrogens with zero attached hydrogens (tertiary/aromatic N) is 2. The van der Waals surface area contributed by atoms with Crippen molar-refractivity contribution in [3.63, 3.8) is 0 Å². The number of hydrogen-bond acceptors (Lipinski definition) is 5. The number of carbonyl (C=O) groups is 1. The van der Waals surface area contributed by atoms with Gasteiger partial charge in [0.15, 0.2) is 0 Å². The third-order valence-corrected chi connectivity index (χ3v) is 4.73. The minimum atomic E-state index is -1.13. The molecule has 8 nitrogen and oxygen atoms in total. The monoisotopic (exact) mass is 374 g/mol. The van der Waals surface area contributed by atoms with E-state index in [0.29, 0.717) is 19.3 Å². The molecule has 0 saturated heterocycles. The predicted molar refractivity (Wildman–Crippen MR) is 99.5 cm³/mol. The maximum Gasteiger partial charge on any atom is 0.303 e. The lowest BCUT2D eigenvalue weighted by molar-refractivity contribution is -0.618. The van der Waals surface area contributed by atoms with Crippen LogP contribution in [-0.4, -0.2) is 33.0 Å². The molecule has 0 aliphatic heterocycles. The van der Waals surface area contributed by atoms with E-state index in [1.165, 1.54) is 0 Å². The lowest BCUT2D eigenvalue weighted by Crippen LogP contribution is -2.39. The van der Waals surface area contributed by atoms with Crippen molar-refractivity contribution in [1.29, 1.82) is 0 Å². The molecular formula is C18H34N2O6. The molecule has 0 heterocycles. The summed E-state index contributed by atoms with van der Waals surface area (Å²) < 4.78 is 0. The average molecular weight is 374 g/mol. The van der Waals surface area contributed by atoms with Crippen LogP contribution in [0.5, 0.6) is 0 Å². The van der Waals surface area contributed by atoms with Gasteiger partial charge in [0.05, 0.1) is 0 Å². The number of nitro groups is 2. The third kappa shape index (κ3) is 12.6. The van der Waals surface area contributed by atoms with Crippen molar-refractivity contribution in [3.8, 4) is 0 Å². The second-order valence-corrected chi connectivity index (χ2v) is 6.96. The average Bonchev–Trinajstić information content (AvgIpc) is 2.57. The third-order valence-electron chi connectivity index (χ3n) is 4.73. The molecule has 26 heavy (non-hydrogen) atoms. The van der Waals surface area contributed by atoms with Crippen LogP contribution < -0.4 is 0 Å². The molecular weight excluding hydrogens is 340 g/mol. The Bertz CT molecular complexity index is 416. The summed E-state index contributed by atoms with van der Waals surface area (Å²) in [5.74, 6) is -0.818. The molecule has 152 valence electrons. The summed E-state index contributed by atoms with van der Waals surface area (Å²) in [7, 11) is 0. The molecule has 1 N–H and O–H groups in total. The van der Waals surface area contributed by atoms with Crippen molar-refractivity contribution < 1.29 is 19.7 Å². The quantitative estimate of drug-likeness (QED) is 0.208. The van der Waals surface area contributed by atoms with E-state index in [1.807, 2.05) is 0 Å². The normalized spacial score (nSPS) is 13.3. The van der Waals surface area contributed by atoms with Gasteiger partial charge in [-0.3, -0.25) is 25.0 Å². The van der Waals surface area contributed by atoms with Crippen LogP contribution >= 0.6 is 0 Å². The molecule has 0 rings (SSSR count). The summed E-state index contributed by atoms with van der Waals surface area (Å²) in [6.45, 7) is 2.12. The van der Waals surface area contributed by atoms with Gasteiger partial charge in [0.2, 0.25) is 0 Å². The maximum atomic E-state index is 11.3. The highest BCUT2D eigenvalue weighted by Gasteiger charge is 2.39. The minimum Gasteiger partial charge on any atom is -0.481 e. The van der Waals surface area contributed by atoms with Gasteiger partial charge in [-0.05, 0) is 19.3 Å². The second kappa shape index (κ2) is 15.5. The highest BCUT2D eigenvalue weighted by atomic mass is 16.6. The van der Waals surface area contributed by atoms with Gasteiger partial charge in [-0.15, -0.1) is 0 Å². The summed E-state index contributed by atoms with van der Waals surface area (Å²) in [5, 5.41) is 31.1. The first kappa shape index (κ1) is 24.3. The van der Waals surface area contributed by atoms with E-state index in [-0.39, 0.29) is 19.3 Å². The number of carboxylic acids is 1. The van der Waals surface area contributed by atoms with Gasteiger partial charge in [0, 0.05) is 29.1 Å². The molecule has 0 aromatic rings. The van der Waals surface area contributed by atoms with Gasteiger partial charge < -0.3 is 5.11 Å². The number of rotatable bonds is 18. The zero-order valence-electron chi connectivity index (χ0n) is 15.9. The van der Waals surface area contributed by atoms with Gasteiger partial charge in [0.1, 0.15) is 0 Å². The zero-order valence-corrected chi connectivity index (χ0v) is 15.9. The first-order chi connectivity index (χ1) is 12.4. The van der Waals surface area contributed by atoms with Crippen molar-refractivity contribution in [2.75, 3.05) is 0 Å². The van der Waals surface area contributed by atoms with Gasteiger partial charge in [0.25, 0.3) is 12.1 Å². The number of aliphatic carboxylic acids is 1. The fourth-order valence-electron chi connectivity index (χ4n) is 3.17. The zero-order chi connectivity index (χ0) is 19.8. The molecule has 2 atom stereocenters. The predicted octanol–water partition coefficient (Wildman–Crippen LogP) is 4.84. The SMILES string of the molecule is CCCCCCCCC(C(CCCCCCCC(=O)O)[N+](=O)[O-])[N+](=O)[O-]. The topological polar surface area (TPSA) is 124 Å². The highest BCUT2D eigenvalue weighted by Crippen LogP contribution is 2.19. The summed E-state index contributed by atoms with van der Waals surface area (Å²) in [4.78, 5) is 32.0. The first-order valence-electron chi connectivity index (χ1n) is 9.88. The lowest BCUT2D eigenvalue weighted by Gasteiger charge is -2.14. The largest absolute Gasteiger partial charge is 0.481 e. The van der Waals surface area contributed by atoms with Crippen LogP contribution in [0.1, 0.15) is 96.8 Å². The Labute approximate surface area is 155 Å². The van der Waals surface area contributed by atoms with E-state index in [0.717, 1.165) is 51.4 Å². The maximum absolute atomic E-state index is 11.3. The fraction of sp³-hybridized carbons (Fsp3) is 0.944. The van der Waals surface area contributed by atoms with Crippen molar-refractivity contribution >= 4 is 5.97 Å². The van der Waals surface area contributed by atoms with Crippen LogP contribution in [0.15, 0.2) is 0 Å². The smallest absolute Gasteiger partial charge is 0.303 e. The molecule has 0 saturated carbocycles. The standard InChI is InChI=1S/C18H34N2O6/c1-2-3-4-5-7-10-13-16(19(23)24)17(20(25)26)14-11-8-6-9-12-15-18(21)22/h16-17H,2-15H2,1H3,(H,21,22). The van der Waals surface area contributed by atoms with Crippen LogP contribution in [0, 0.1) is 20.2 Å². The molecule has 0 aromatic heterocycles. The Morgan fingerprint density at radius 2 is 1.15 bits per heavy atom. The molecule has 2 unspecified atom stereocenters. The van der Waals surface area contributed by atoms with Gasteiger partial charge in [-0.1, -0.05) is 58.3 Å². The van der Waals surface area contributed by atoms with E-state index >= 15 is 0 Å². The first-order valence-corrected chi connectivity index (χ1v) is 9.88. The Hall–Kier alpha value is -1.73. The van der Waals surface area contributed by atoms with E-state index in [4.69, 9.17) is 5.11 Å². The van der Waals surface area contributed by atoms with Crippen molar-refractivity contribution in [2.45, 2.75) is 109 Å². The van der Waals surface area contributed by atoms with Gasteiger partial charge in [-0.2, -0.15) is 0 Å². The fourth-order valence-corrected chi connectivity index (χ4v) is 3.17. The number of carboxylic acid groups (broad SMARTS) is 1. The Kier molecular flexibility index (Phi) is 14.5. The van der Waals surface area contributed by atoms with Crippen molar-refractivity contribution in [1.82, 2.24) is 0 Å². The van der Waals surface area contributed by atoms with E-state index < -0.39 is 27.9 Å². The second-order valence-electron chi connectivity index (χ2n) is 6.96. The molecule has 0 fully saturated rings. The molecule has 0 aliphatic rings. The number of unbranched alkanes of at least 4 members (excludes halogenated alkanes) is 9. The van der Waals surface area contributed by atoms with Gasteiger partial charge >= 0.3 is 5.97 Å². The summed E-state index contributed by atoms with van der Waals surface area (Å²) >= 11 is 0. The van der Waals surface area contributed by atoms with Crippen LogP contribution in [0.3, 0.4) is 0 Å². The van der Waals surface area contributed by atoms with Crippen LogP contribution in [-0.2, 0) is 4.79 Å². The molecule has 0 aliphatic carbocycles. The Balaban J connectivity index is 4.18. The van der Waals surface area contributed by atoms with Crippen LogP contribution in [0.2, 0.25) is 0 Å². The van der Waals surface area contributed by atoms with Crippen LogP contribution in [0.4, 0.5) is 0 Å². The Morgan fingerprint density at radius 3 is 1.54 bits per heavy atom. The van der Waals surface area contributed by atoms with Crippen molar-refractivity contribution in [2.24, 2.45) is 0 Å². The summed E-state index contributed by atoms with van der Waals surface area (Å²) in [6, 6.07) is -2.23. The van der Waals surface area contributed by atoms with Crippen LogP contribution in [0.25, 0.3) is 0 Å². The lowest BCUT2D eigenvalue weighted by atomic mass is 9.96. The summed E-state index contributed by atoms with van der Waals surface area (Å²) in [5.41, 5.74) is 0. The highest BCUT2D eigenvalue weighted by molar-refractivity contribution is 5.66. The number of hydrogen-bond donors (Lipinski definition) is 1. The van der Waals surface area contributed by atoms with E-state index in [2.05, 4.69) is 6.92 Å². The van der Waals surface area contributed by atoms with Gasteiger partial charge in [-0.25, -0.2) is 0 Å². The summed E-state index contributed by atoms with van der Waals surface area (Å²) in [6.07, 6.45) is 10.1. The molecule has 0 bridgehead atoms. The van der Waals surface area contributed by atoms with E-state index in [1.54, 1.807) is 0 Å².